The number of hydrogen-bond acceptors (Lipinski definition) is 4. The van der Waals surface area contributed by atoms with E-state index in [4.69, 9.17) is 9.47 Å². The van der Waals surface area contributed by atoms with Gasteiger partial charge >= 0.3 is 0 Å². The molecule has 2 aliphatic heterocycles. The molecule has 1 saturated heterocycles. The van der Waals surface area contributed by atoms with Gasteiger partial charge in [0.2, 0.25) is 0 Å². The van der Waals surface area contributed by atoms with E-state index in [2.05, 4.69) is 11.6 Å². The van der Waals surface area contributed by atoms with Crippen molar-refractivity contribution in [2.24, 2.45) is 5.92 Å². The van der Waals surface area contributed by atoms with Gasteiger partial charge in [0, 0.05) is 19.6 Å². The summed E-state index contributed by atoms with van der Waals surface area (Å²) in [6.45, 7) is 4.82. The highest BCUT2D eigenvalue weighted by Gasteiger charge is 2.26. The first-order chi connectivity index (χ1) is 11.0. The maximum Gasteiger partial charge on any atom is 0.279 e. The predicted molar refractivity (Wildman–Crippen MR) is 88.0 cm³/mol. The topological polar surface area (TPSA) is 67.9 Å². The molecule has 23 heavy (non-hydrogen) atoms. The summed E-state index contributed by atoms with van der Waals surface area (Å²) in [5.41, 5.74) is 1.03. The molecule has 1 aromatic carbocycles. The first kappa shape index (κ1) is 16.5. The molecule has 0 aromatic heterocycles. The SMILES string of the molecule is C[C@H]1CCCN(S(=O)(=O)NCCc2ccc3c(c2)OCCO3)C1. The van der Waals surface area contributed by atoms with Gasteiger partial charge in [0.05, 0.1) is 0 Å². The highest BCUT2D eigenvalue weighted by molar-refractivity contribution is 7.87. The van der Waals surface area contributed by atoms with Crippen LogP contribution in [0, 0.1) is 5.92 Å². The molecule has 1 N–H and O–H groups in total. The van der Waals surface area contributed by atoms with Crippen molar-refractivity contribution in [2.45, 2.75) is 26.2 Å². The van der Waals surface area contributed by atoms with Gasteiger partial charge in [0.25, 0.3) is 10.2 Å². The molecule has 0 spiro atoms. The highest BCUT2D eigenvalue weighted by atomic mass is 32.2. The quantitative estimate of drug-likeness (QED) is 0.883. The van der Waals surface area contributed by atoms with Crippen molar-refractivity contribution >= 4 is 10.2 Å². The van der Waals surface area contributed by atoms with Crippen LogP contribution in [0.5, 0.6) is 11.5 Å². The molecular formula is C16H24N2O4S. The summed E-state index contributed by atoms with van der Waals surface area (Å²) in [7, 11) is -3.38. The van der Waals surface area contributed by atoms with Gasteiger partial charge in [0.1, 0.15) is 13.2 Å². The van der Waals surface area contributed by atoms with Crippen LogP contribution in [0.3, 0.4) is 0 Å². The van der Waals surface area contributed by atoms with Crippen molar-refractivity contribution in [2.75, 3.05) is 32.8 Å². The van der Waals surface area contributed by atoms with Crippen LogP contribution in [0.4, 0.5) is 0 Å². The van der Waals surface area contributed by atoms with E-state index in [1.807, 2.05) is 18.2 Å². The Hall–Kier alpha value is -1.31. The highest BCUT2D eigenvalue weighted by Crippen LogP contribution is 2.30. The van der Waals surface area contributed by atoms with Crippen LogP contribution in [-0.4, -0.2) is 45.6 Å². The molecule has 1 fully saturated rings. The molecule has 128 valence electrons. The second-order valence-electron chi connectivity index (χ2n) is 6.23. The summed E-state index contributed by atoms with van der Waals surface area (Å²) in [6, 6.07) is 5.75. The van der Waals surface area contributed by atoms with Crippen LogP contribution in [0.15, 0.2) is 18.2 Å². The Kier molecular flexibility index (Phi) is 5.08. The molecule has 1 aromatic rings. The van der Waals surface area contributed by atoms with Gasteiger partial charge < -0.3 is 9.47 Å². The lowest BCUT2D eigenvalue weighted by atomic mass is 10.0. The van der Waals surface area contributed by atoms with Crippen LogP contribution >= 0.6 is 0 Å². The zero-order valence-corrected chi connectivity index (χ0v) is 14.3. The lowest BCUT2D eigenvalue weighted by molar-refractivity contribution is 0.171. The standard InChI is InChI=1S/C16H24N2O4S/c1-13-3-2-8-18(12-13)23(19,20)17-7-6-14-4-5-15-16(11-14)22-10-9-21-15/h4-5,11,13,17H,2-3,6-10,12H2,1H3/t13-/m0/s1. The first-order valence-corrected chi connectivity index (χ1v) is 9.62. The van der Waals surface area contributed by atoms with E-state index in [9.17, 15) is 8.42 Å². The Morgan fingerprint density at radius 1 is 1.26 bits per heavy atom. The number of nitrogens with one attached hydrogen (secondary N) is 1. The number of rotatable bonds is 5. The maximum atomic E-state index is 12.3. The Morgan fingerprint density at radius 3 is 2.83 bits per heavy atom. The summed E-state index contributed by atoms with van der Waals surface area (Å²) >= 11 is 0. The number of nitrogens with zero attached hydrogens (tertiary/aromatic N) is 1. The van der Waals surface area contributed by atoms with Crippen molar-refractivity contribution in [1.82, 2.24) is 9.03 Å². The van der Waals surface area contributed by atoms with E-state index < -0.39 is 10.2 Å². The average molecular weight is 340 g/mol. The predicted octanol–water partition coefficient (Wildman–Crippen LogP) is 1.57. The molecule has 7 heteroatoms. The van der Waals surface area contributed by atoms with Crippen LogP contribution in [0.2, 0.25) is 0 Å². The Bertz CT molecular complexity index is 647. The van der Waals surface area contributed by atoms with E-state index in [1.54, 1.807) is 4.31 Å². The van der Waals surface area contributed by atoms with Gasteiger partial charge in [-0.05, 0) is 42.9 Å². The Morgan fingerprint density at radius 2 is 2.04 bits per heavy atom. The molecule has 0 unspecified atom stereocenters. The molecular weight excluding hydrogens is 316 g/mol. The van der Waals surface area contributed by atoms with Crippen LogP contribution in [0.1, 0.15) is 25.3 Å². The van der Waals surface area contributed by atoms with Crippen molar-refractivity contribution in [3.63, 3.8) is 0 Å². The van der Waals surface area contributed by atoms with Crippen molar-refractivity contribution in [3.05, 3.63) is 23.8 Å². The second-order valence-corrected chi connectivity index (χ2v) is 7.99. The minimum Gasteiger partial charge on any atom is -0.486 e. The van der Waals surface area contributed by atoms with E-state index >= 15 is 0 Å². The normalized spacial score (nSPS) is 22.0. The fourth-order valence-corrected chi connectivity index (χ4v) is 4.39. The van der Waals surface area contributed by atoms with Gasteiger partial charge in [-0.15, -0.1) is 0 Å². The number of fused-ring (bicyclic) bond motifs is 1. The smallest absolute Gasteiger partial charge is 0.279 e. The zero-order chi connectivity index (χ0) is 16.3. The van der Waals surface area contributed by atoms with Gasteiger partial charge in [-0.25, -0.2) is 4.72 Å². The maximum absolute atomic E-state index is 12.3. The van der Waals surface area contributed by atoms with Gasteiger partial charge in [-0.2, -0.15) is 12.7 Å². The lowest BCUT2D eigenvalue weighted by Crippen LogP contribution is -2.46. The third-order valence-corrected chi connectivity index (χ3v) is 5.84. The third-order valence-electron chi connectivity index (χ3n) is 4.26. The molecule has 0 amide bonds. The molecule has 3 rings (SSSR count). The number of ether oxygens (including phenoxy) is 2. The number of benzene rings is 1. The zero-order valence-electron chi connectivity index (χ0n) is 13.5. The average Bonchev–Trinajstić information content (AvgIpc) is 2.54. The van der Waals surface area contributed by atoms with Crippen molar-refractivity contribution in [1.29, 1.82) is 0 Å². The van der Waals surface area contributed by atoms with E-state index in [0.717, 1.165) is 29.9 Å². The lowest BCUT2D eigenvalue weighted by Gasteiger charge is -2.30. The second kappa shape index (κ2) is 7.07. The number of hydrogen-bond donors (Lipinski definition) is 1. The monoisotopic (exact) mass is 340 g/mol. The minimum absolute atomic E-state index is 0.382. The largest absolute Gasteiger partial charge is 0.486 e. The Labute approximate surface area is 138 Å². The molecule has 0 bridgehead atoms. The van der Waals surface area contributed by atoms with E-state index in [0.29, 0.717) is 45.2 Å². The van der Waals surface area contributed by atoms with Gasteiger partial charge in [-0.3, -0.25) is 0 Å². The molecule has 0 radical (unpaired) electrons. The van der Waals surface area contributed by atoms with Gasteiger partial charge in [0.15, 0.2) is 11.5 Å². The third kappa shape index (κ3) is 4.16. The van der Waals surface area contributed by atoms with E-state index in [-0.39, 0.29) is 0 Å². The first-order valence-electron chi connectivity index (χ1n) is 8.18. The molecule has 1 atom stereocenters. The number of piperidine rings is 1. The summed E-state index contributed by atoms with van der Waals surface area (Å²) in [5, 5.41) is 0. The summed E-state index contributed by atoms with van der Waals surface area (Å²) in [4.78, 5) is 0. The summed E-state index contributed by atoms with van der Waals surface area (Å²) in [5.74, 6) is 1.92. The molecule has 2 heterocycles. The van der Waals surface area contributed by atoms with Crippen molar-refractivity contribution < 1.29 is 17.9 Å². The molecule has 0 aliphatic carbocycles. The summed E-state index contributed by atoms with van der Waals surface area (Å²) in [6.07, 6.45) is 2.66. The molecule has 0 saturated carbocycles. The fourth-order valence-electron chi connectivity index (χ4n) is 3.02. The van der Waals surface area contributed by atoms with Crippen LogP contribution in [-0.2, 0) is 16.6 Å². The van der Waals surface area contributed by atoms with Gasteiger partial charge in [-0.1, -0.05) is 13.0 Å². The molecule has 6 nitrogen and oxygen atoms in total. The minimum atomic E-state index is -3.38. The van der Waals surface area contributed by atoms with Crippen molar-refractivity contribution in [3.8, 4) is 11.5 Å². The van der Waals surface area contributed by atoms with E-state index in [1.165, 1.54) is 0 Å². The fraction of sp³-hybridized carbons (Fsp3) is 0.625. The van der Waals surface area contributed by atoms with Crippen LogP contribution < -0.4 is 14.2 Å². The molecule has 2 aliphatic rings. The summed E-state index contributed by atoms with van der Waals surface area (Å²) < 4.78 is 39.9. The van der Waals surface area contributed by atoms with Crippen LogP contribution in [0.25, 0.3) is 0 Å². The Balaban J connectivity index is 1.54.